The largest absolute Gasteiger partial charge is 0.354 e. The van der Waals surface area contributed by atoms with Crippen LogP contribution in [-0.4, -0.2) is 19.5 Å². The van der Waals surface area contributed by atoms with E-state index in [0.717, 1.165) is 0 Å². The van der Waals surface area contributed by atoms with Crippen LogP contribution < -0.4 is 0 Å². The molecule has 0 spiro atoms. The van der Waals surface area contributed by atoms with E-state index in [-0.39, 0.29) is 6.29 Å². The molecular weight excluding hydrogens is 166 g/mol. The van der Waals surface area contributed by atoms with Crippen molar-refractivity contribution < 1.29 is 9.47 Å². The van der Waals surface area contributed by atoms with Gasteiger partial charge in [0.05, 0.1) is 6.57 Å². The highest BCUT2D eigenvalue weighted by atomic mass is 16.7. The van der Waals surface area contributed by atoms with E-state index < -0.39 is 0 Å². The summed E-state index contributed by atoms with van der Waals surface area (Å²) in [7, 11) is 0. The molecule has 0 rings (SSSR count). The van der Waals surface area contributed by atoms with Gasteiger partial charge in [-0.15, -0.1) is 0 Å². The second-order valence-corrected chi connectivity index (χ2v) is 2.44. The predicted octanol–water partition coefficient (Wildman–Crippen LogP) is 2.60. The zero-order valence-electron chi connectivity index (χ0n) is 8.54. The van der Waals surface area contributed by atoms with E-state index in [0.29, 0.717) is 25.3 Å². The van der Waals surface area contributed by atoms with Crippen molar-refractivity contribution in [1.29, 1.82) is 0 Å². The van der Waals surface area contributed by atoms with Gasteiger partial charge in [-0.2, -0.15) is 0 Å². The maximum absolute atomic E-state index is 6.86. The van der Waals surface area contributed by atoms with Gasteiger partial charge in [0.15, 0.2) is 12.0 Å². The molecule has 0 bridgehead atoms. The molecule has 0 aliphatic rings. The van der Waals surface area contributed by atoms with Crippen LogP contribution in [-0.2, 0) is 9.47 Å². The van der Waals surface area contributed by atoms with Crippen molar-refractivity contribution in [2.24, 2.45) is 0 Å². The van der Waals surface area contributed by atoms with E-state index in [1.54, 1.807) is 6.08 Å². The van der Waals surface area contributed by atoms with Gasteiger partial charge in [0.2, 0.25) is 0 Å². The second kappa shape index (κ2) is 7.78. The lowest BCUT2D eigenvalue weighted by Crippen LogP contribution is -2.17. The smallest absolute Gasteiger partial charge is 0.166 e. The Hall–Kier alpha value is -0.850. The van der Waals surface area contributed by atoms with Crippen LogP contribution >= 0.6 is 0 Å². The van der Waals surface area contributed by atoms with Gasteiger partial charge in [0, 0.05) is 19.6 Å². The van der Waals surface area contributed by atoms with Crippen molar-refractivity contribution in [1.82, 2.24) is 0 Å². The molecule has 13 heavy (non-hydrogen) atoms. The van der Waals surface area contributed by atoms with Crippen LogP contribution in [0.2, 0.25) is 0 Å². The molecule has 0 saturated carbocycles. The van der Waals surface area contributed by atoms with Gasteiger partial charge in [-0.25, -0.2) is 4.85 Å². The van der Waals surface area contributed by atoms with Crippen LogP contribution in [0.25, 0.3) is 4.85 Å². The lowest BCUT2D eigenvalue weighted by atomic mass is 10.3. The van der Waals surface area contributed by atoms with Gasteiger partial charge < -0.3 is 9.47 Å². The Kier molecular flexibility index (Phi) is 7.27. The summed E-state index contributed by atoms with van der Waals surface area (Å²) in [4.78, 5) is 3.36. The minimum Gasteiger partial charge on any atom is -0.354 e. The Morgan fingerprint density at radius 3 is 2.23 bits per heavy atom. The van der Waals surface area contributed by atoms with Crippen molar-refractivity contribution in [2.75, 3.05) is 13.2 Å². The van der Waals surface area contributed by atoms with Crippen molar-refractivity contribution in [3.05, 3.63) is 23.2 Å². The summed E-state index contributed by atoms with van der Waals surface area (Å²) in [6.45, 7) is 13.8. The summed E-state index contributed by atoms with van der Waals surface area (Å²) < 4.78 is 10.6. The van der Waals surface area contributed by atoms with E-state index in [1.165, 1.54) is 0 Å². The van der Waals surface area contributed by atoms with Crippen LogP contribution in [0.1, 0.15) is 27.2 Å². The molecule has 0 amide bonds. The summed E-state index contributed by atoms with van der Waals surface area (Å²) in [5.74, 6) is 0. The Morgan fingerprint density at radius 2 is 1.92 bits per heavy atom. The number of nitrogens with zero attached hydrogens (tertiary/aromatic N) is 1. The lowest BCUT2D eigenvalue weighted by Gasteiger charge is -2.15. The van der Waals surface area contributed by atoms with Gasteiger partial charge in [0.1, 0.15) is 0 Å². The number of ether oxygens (including phenoxy) is 2. The fourth-order valence-electron chi connectivity index (χ4n) is 0.937. The third-order valence-electron chi connectivity index (χ3n) is 1.56. The van der Waals surface area contributed by atoms with E-state index in [1.807, 2.05) is 20.8 Å². The highest BCUT2D eigenvalue weighted by molar-refractivity contribution is 5.08. The number of hydrogen-bond donors (Lipinski definition) is 0. The van der Waals surface area contributed by atoms with Gasteiger partial charge in [-0.05, 0) is 13.8 Å². The van der Waals surface area contributed by atoms with Crippen LogP contribution in [0.5, 0.6) is 0 Å². The van der Waals surface area contributed by atoms with Gasteiger partial charge >= 0.3 is 0 Å². The van der Waals surface area contributed by atoms with Crippen molar-refractivity contribution in [3.8, 4) is 0 Å². The molecule has 0 aromatic carbocycles. The summed E-state index contributed by atoms with van der Waals surface area (Å²) in [6.07, 6.45) is 2.06. The van der Waals surface area contributed by atoms with Crippen LogP contribution in [0.4, 0.5) is 0 Å². The molecule has 0 fully saturated rings. The average molecular weight is 183 g/mol. The fraction of sp³-hybridized carbons (Fsp3) is 0.700. The summed E-state index contributed by atoms with van der Waals surface area (Å²) >= 11 is 0. The normalized spacial score (nSPS) is 11.8. The summed E-state index contributed by atoms with van der Waals surface area (Å²) in [6, 6.07) is 0. The SMILES string of the molecule is [C-]#[N+]C(=CC)CC(OCC)OCC. The minimum absolute atomic E-state index is 0.268. The zero-order valence-corrected chi connectivity index (χ0v) is 8.54. The summed E-state index contributed by atoms with van der Waals surface area (Å²) in [5, 5.41) is 0. The van der Waals surface area contributed by atoms with Crippen molar-refractivity contribution in [2.45, 2.75) is 33.5 Å². The van der Waals surface area contributed by atoms with E-state index in [9.17, 15) is 0 Å². The van der Waals surface area contributed by atoms with Gasteiger partial charge in [-0.1, -0.05) is 13.0 Å². The van der Waals surface area contributed by atoms with E-state index in [4.69, 9.17) is 16.0 Å². The molecular formula is C10H17NO2. The first-order valence-corrected chi connectivity index (χ1v) is 4.54. The topological polar surface area (TPSA) is 22.8 Å². The molecule has 74 valence electrons. The molecule has 0 unspecified atom stereocenters. The first-order valence-electron chi connectivity index (χ1n) is 4.54. The monoisotopic (exact) mass is 183 g/mol. The average Bonchev–Trinajstić information content (AvgIpc) is 2.14. The zero-order chi connectivity index (χ0) is 10.1. The molecule has 0 aliphatic heterocycles. The number of allylic oxidation sites excluding steroid dienone is 1. The molecule has 3 nitrogen and oxygen atoms in total. The maximum Gasteiger partial charge on any atom is 0.166 e. The lowest BCUT2D eigenvalue weighted by molar-refractivity contribution is -0.134. The van der Waals surface area contributed by atoms with Crippen LogP contribution in [0.15, 0.2) is 11.8 Å². The van der Waals surface area contributed by atoms with Crippen molar-refractivity contribution >= 4 is 0 Å². The molecule has 3 heteroatoms. The quantitative estimate of drug-likeness (QED) is 0.466. The fourth-order valence-corrected chi connectivity index (χ4v) is 0.937. The second-order valence-electron chi connectivity index (χ2n) is 2.44. The van der Waals surface area contributed by atoms with Crippen LogP contribution in [0.3, 0.4) is 0 Å². The summed E-state index contributed by atoms with van der Waals surface area (Å²) in [5.41, 5.74) is 0.687. The first-order chi connectivity index (χ1) is 6.28. The number of hydrogen-bond acceptors (Lipinski definition) is 2. The standard InChI is InChI=1S/C10H17NO2/c1-5-9(11-4)8-10(12-6-2)13-7-3/h5,10H,6-8H2,1-3H3. The van der Waals surface area contributed by atoms with Crippen molar-refractivity contribution in [3.63, 3.8) is 0 Å². The minimum atomic E-state index is -0.268. The van der Waals surface area contributed by atoms with Gasteiger partial charge in [-0.3, -0.25) is 0 Å². The Labute approximate surface area is 80.2 Å². The highest BCUT2D eigenvalue weighted by Crippen LogP contribution is 2.11. The predicted molar refractivity (Wildman–Crippen MR) is 52.0 cm³/mol. The molecule has 0 saturated heterocycles. The Morgan fingerprint density at radius 1 is 1.38 bits per heavy atom. The molecule has 0 N–H and O–H groups in total. The van der Waals surface area contributed by atoms with Crippen LogP contribution in [0, 0.1) is 6.57 Å². The number of rotatable bonds is 6. The maximum atomic E-state index is 6.86. The van der Waals surface area contributed by atoms with E-state index in [2.05, 4.69) is 4.85 Å². The third kappa shape index (κ3) is 5.40. The first kappa shape index (κ1) is 12.2. The molecule has 0 aromatic heterocycles. The molecule has 0 radical (unpaired) electrons. The highest BCUT2D eigenvalue weighted by Gasteiger charge is 2.10. The van der Waals surface area contributed by atoms with E-state index >= 15 is 0 Å². The third-order valence-corrected chi connectivity index (χ3v) is 1.56. The Balaban J connectivity index is 4.01. The molecule has 0 aromatic rings. The molecule has 0 aliphatic carbocycles. The molecule has 0 heterocycles. The Bertz CT molecular complexity index is 188. The van der Waals surface area contributed by atoms with Gasteiger partial charge in [0.25, 0.3) is 0 Å². The molecule has 0 atom stereocenters.